The molecule has 2 aromatic rings. The van der Waals surface area contributed by atoms with Gasteiger partial charge in [0.1, 0.15) is 0 Å². The summed E-state index contributed by atoms with van der Waals surface area (Å²) in [5.74, 6) is 1.87. The lowest BCUT2D eigenvalue weighted by atomic mass is 9.97. The van der Waals surface area contributed by atoms with Crippen molar-refractivity contribution in [2.75, 3.05) is 26.8 Å². The maximum Gasteiger partial charge on any atom is 0.260 e. The zero-order valence-electron chi connectivity index (χ0n) is 13.9. The van der Waals surface area contributed by atoms with Crippen LogP contribution in [-0.2, 0) is 11.3 Å². The Morgan fingerprint density at radius 3 is 2.67 bits per heavy atom. The maximum atomic E-state index is 12.3. The molecular formula is C18H23N3O3. The van der Waals surface area contributed by atoms with E-state index in [0.717, 1.165) is 32.5 Å². The topological polar surface area (TPSA) is 56.6 Å². The molecule has 2 heterocycles. The number of carbonyl (C=O) groups is 1. The van der Waals surface area contributed by atoms with E-state index in [1.54, 1.807) is 13.3 Å². The summed E-state index contributed by atoms with van der Waals surface area (Å²) in [5, 5.41) is 0. The van der Waals surface area contributed by atoms with Gasteiger partial charge in [-0.05, 0) is 30.9 Å². The number of hydrogen-bond acceptors (Lipinski definition) is 4. The summed E-state index contributed by atoms with van der Waals surface area (Å²) in [6.45, 7) is 2.59. The molecule has 1 saturated heterocycles. The van der Waals surface area contributed by atoms with Gasteiger partial charge in [0.15, 0.2) is 18.1 Å². The first kappa shape index (κ1) is 16.4. The molecule has 24 heavy (non-hydrogen) atoms. The molecule has 0 bridgehead atoms. The van der Waals surface area contributed by atoms with E-state index in [9.17, 15) is 4.79 Å². The lowest BCUT2D eigenvalue weighted by Crippen LogP contribution is -2.41. The van der Waals surface area contributed by atoms with Crippen molar-refractivity contribution < 1.29 is 14.3 Å². The van der Waals surface area contributed by atoms with Crippen LogP contribution in [-0.4, -0.2) is 47.2 Å². The van der Waals surface area contributed by atoms with E-state index in [2.05, 4.69) is 9.55 Å². The van der Waals surface area contributed by atoms with Crippen LogP contribution in [0.25, 0.3) is 0 Å². The average Bonchev–Trinajstić information content (AvgIpc) is 3.13. The molecule has 0 aliphatic carbocycles. The van der Waals surface area contributed by atoms with E-state index in [4.69, 9.17) is 9.47 Å². The first-order valence-corrected chi connectivity index (χ1v) is 8.25. The first-order chi connectivity index (χ1) is 11.8. The number of ether oxygens (including phenoxy) is 2. The summed E-state index contributed by atoms with van der Waals surface area (Å²) < 4.78 is 13.0. The molecule has 128 valence electrons. The van der Waals surface area contributed by atoms with Crippen LogP contribution in [0.2, 0.25) is 0 Å². The standard InChI is InChI=1S/C18H23N3O3/c1-23-16-4-2-3-5-17(16)24-13-18(22)21-9-6-15(7-10-21)12-20-11-8-19-14-20/h2-5,8,11,14-15H,6-7,9-10,12-13H2,1H3. The molecule has 1 amide bonds. The summed E-state index contributed by atoms with van der Waals surface area (Å²) in [7, 11) is 1.59. The second-order valence-electron chi connectivity index (χ2n) is 6.02. The minimum absolute atomic E-state index is 0.0296. The fourth-order valence-corrected chi connectivity index (χ4v) is 3.03. The third-order valence-electron chi connectivity index (χ3n) is 4.42. The highest BCUT2D eigenvalue weighted by molar-refractivity contribution is 5.78. The lowest BCUT2D eigenvalue weighted by molar-refractivity contribution is -0.134. The smallest absolute Gasteiger partial charge is 0.260 e. The Balaban J connectivity index is 1.45. The number of hydrogen-bond donors (Lipinski definition) is 0. The third-order valence-corrected chi connectivity index (χ3v) is 4.42. The second kappa shape index (κ2) is 7.86. The zero-order chi connectivity index (χ0) is 16.8. The number of para-hydroxylation sites is 2. The van der Waals surface area contributed by atoms with Crippen LogP contribution in [0.5, 0.6) is 11.5 Å². The van der Waals surface area contributed by atoms with Gasteiger partial charge in [-0.3, -0.25) is 4.79 Å². The highest BCUT2D eigenvalue weighted by atomic mass is 16.5. The molecule has 0 N–H and O–H groups in total. The van der Waals surface area contributed by atoms with Crippen molar-refractivity contribution in [3.8, 4) is 11.5 Å². The van der Waals surface area contributed by atoms with Gasteiger partial charge in [0.25, 0.3) is 5.91 Å². The molecule has 0 unspecified atom stereocenters. The number of aromatic nitrogens is 2. The average molecular weight is 329 g/mol. The normalized spacial score (nSPS) is 15.3. The van der Waals surface area contributed by atoms with Gasteiger partial charge in [-0.15, -0.1) is 0 Å². The number of methoxy groups -OCH3 is 1. The Hall–Kier alpha value is -2.50. The number of imidazole rings is 1. The Labute approximate surface area is 142 Å². The predicted octanol–water partition coefficient (Wildman–Crippen LogP) is 2.21. The van der Waals surface area contributed by atoms with E-state index in [1.807, 2.05) is 41.7 Å². The van der Waals surface area contributed by atoms with Gasteiger partial charge in [0.05, 0.1) is 13.4 Å². The molecule has 6 nitrogen and oxygen atoms in total. The molecule has 1 aromatic heterocycles. The second-order valence-corrected chi connectivity index (χ2v) is 6.02. The van der Waals surface area contributed by atoms with Gasteiger partial charge >= 0.3 is 0 Å². The summed E-state index contributed by atoms with van der Waals surface area (Å²) in [6.07, 6.45) is 7.65. The number of nitrogens with zero attached hydrogens (tertiary/aromatic N) is 3. The molecule has 1 aromatic carbocycles. The van der Waals surface area contributed by atoms with Crippen LogP contribution in [0.3, 0.4) is 0 Å². The number of amides is 1. The molecule has 0 saturated carbocycles. The number of piperidine rings is 1. The number of carbonyl (C=O) groups excluding carboxylic acids is 1. The van der Waals surface area contributed by atoms with Gasteiger partial charge in [-0.1, -0.05) is 12.1 Å². The van der Waals surface area contributed by atoms with Crippen molar-refractivity contribution in [2.24, 2.45) is 5.92 Å². The SMILES string of the molecule is COc1ccccc1OCC(=O)N1CCC(Cn2ccnc2)CC1. The van der Waals surface area contributed by atoms with Crippen LogP contribution < -0.4 is 9.47 Å². The minimum Gasteiger partial charge on any atom is -0.493 e. The lowest BCUT2D eigenvalue weighted by Gasteiger charge is -2.32. The Bertz CT molecular complexity index is 649. The van der Waals surface area contributed by atoms with E-state index in [-0.39, 0.29) is 12.5 Å². The van der Waals surface area contributed by atoms with Gasteiger partial charge in [-0.2, -0.15) is 0 Å². The Morgan fingerprint density at radius 1 is 1.25 bits per heavy atom. The highest BCUT2D eigenvalue weighted by Gasteiger charge is 2.23. The molecule has 0 atom stereocenters. The predicted molar refractivity (Wildman–Crippen MR) is 90.0 cm³/mol. The summed E-state index contributed by atoms with van der Waals surface area (Å²) in [4.78, 5) is 18.3. The van der Waals surface area contributed by atoms with Crippen molar-refractivity contribution >= 4 is 5.91 Å². The van der Waals surface area contributed by atoms with Crippen molar-refractivity contribution in [3.05, 3.63) is 43.0 Å². The molecule has 1 aliphatic heterocycles. The Morgan fingerprint density at radius 2 is 2.00 bits per heavy atom. The van der Waals surface area contributed by atoms with E-state index in [0.29, 0.717) is 17.4 Å². The van der Waals surface area contributed by atoms with E-state index in [1.165, 1.54) is 0 Å². The quantitative estimate of drug-likeness (QED) is 0.815. The first-order valence-electron chi connectivity index (χ1n) is 8.25. The molecular weight excluding hydrogens is 306 g/mol. The summed E-state index contributed by atoms with van der Waals surface area (Å²) >= 11 is 0. The molecule has 0 spiro atoms. The van der Waals surface area contributed by atoms with Crippen molar-refractivity contribution in [1.82, 2.24) is 14.5 Å². The van der Waals surface area contributed by atoms with Crippen LogP contribution >= 0.6 is 0 Å². The van der Waals surface area contributed by atoms with Crippen molar-refractivity contribution in [1.29, 1.82) is 0 Å². The van der Waals surface area contributed by atoms with Crippen LogP contribution in [0, 0.1) is 5.92 Å². The molecule has 0 radical (unpaired) electrons. The largest absolute Gasteiger partial charge is 0.493 e. The number of rotatable bonds is 6. The monoisotopic (exact) mass is 329 g/mol. The van der Waals surface area contributed by atoms with Gasteiger partial charge in [0, 0.05) is 32.0 Å². The summed E-state index contributed by atoms with van der Waals surface area (Å²) in [6, 6.07) is 7.37. The Kier molecular flexibility index (Phi) is 5.36. The van der Waals surface area contributed by atoms with Crippen LogP contribution in [0.15, 0.2) is 43.0 Å². The number of likely N-dealkylation sites (tertiary alicyclic amines) is 1. The fraction of sp³-hybridized carbons (Fsp3) is 0.444. The molecule has 1 fully saturated rings. The maximum absolute atomic E-state index is 12.3. The van der Waals surface area contributed by atoms with Crippen molar-refractivity contribution in [3.63, 3.8) is 0 Å². The van der Waals surface area contributed by atoms with Crippen LogP contribution in [0.4, 0.5) is 0 Å². The van der Waals surface area contributed by atoms with Gasteiger partial charge < -0.3 is 18.9 Å². The van der Waals surface area contributed by atoms with Gasteiger partial charge in [-0.25, -0.2) is 4.98 Å². The fourth-order valence-electron chi connectivity index (χ4n) is 3.03. The third kappa shape index (κ3) is 4.07. The minimum atomic E-state index is 0.0296. The molecule has 1 aliphatic rings. The van der Waals surface area contributed by atoms with Crippen molar-refractivity contribution in [2.45, 2.75) is 19.4 Å². The highest BCUT2D eigenvalue weighted by Crippen LogP contribution is 2.26. The summed E-state index contributed by atoms with van der Waals surface area (Å²) in [5.41, 5.74) is 0. The molecule has 6 heteroatoms. The molecule has 3 rings (SSSR count). The zero-order valence-corrected chi connectivity index (χ0v) is 13.9. The van der Waals surface area contributed by atoms with E-state index < -0.39 is 0 Å². The van der Waals surface area contributed by atoms with Crippen LogP contribution in [0.1, 0.15) is 12.8 Å². The van der Waals surface area contributed by atoms with Gasteiger partial charge in [0.2, 0.25) is 0 Å². The van der Waals surface area contributed by atoms with E-state index >= 15 is 0 Å². The number of benzene rings is 1.